The summed E-state index contributed by atoms with van der Waals surface area (Å²) in [6.45, 7) is 2.01. The fraction of sp³-hybridized carbons (Fsp3) is 0.500. The van der Waals surface area contributed by atoms with Crippen LogP contribution in [0.15, 0.2) is 18.2 Å². The summed E-state index contributed by atoms with van der Waals surface area (Å²) in [5.41, 5.74) is 1.34. The van der Waals surface area contributed by atoms with Gasteiger partial charge in [0.1, 0.15) is 0 Å². The molecule has 0 aromatic heterocycles. The fourth-order valence-corrected chi connectivity index (χ4v) is 2.24. The first-order chi connectivity index (χ1) is 7.65. The highest BCUT2D eigenvalue weighted by atomic mass is 35.5. The Morgan fingerprint density at radius 3 is 2.62 bits per heavy atom. The van der Waals surface area contributed by atoms with Crippen LogP contribution < -0.4 is 10.6 Å². The van der Waals surface area contributed by atoms with Crippen LogP contribution in [0.1, 0.15) is 12.8 Å². The van der Waals surface area contributed by atoms with Gasteiger partial charge in [-0.15, -0.1) is 0 Å². The molecule has 0 amide bonds. The predicted octanol–water partition coefficient (Wildman–Crippen LogP) is 3.40. The van der Waals surface area contributed by atoms with Gasteiger partial charge in [-0.1, -0.05) is 23.2 Å². The molecule has 2 nitrogen and oxygen atoms in total. The standard InChI is InChI=1S/C12H16Cl2N2/c1-15-7-12(4-5-12)8-16-11-6-9(13)2-3-10(11)14/h2-3,6,15-16H,4-5,7-8H2,1H3. The van der Waals surface area contributed by atoms with Crippen molar-refractivity contribution in [3.8, 4) is 0 Å². The molecule has 2 N–H and O–H groups in total. The van der Waals surface area contributed by atoms with E-state index in [0.29, 0.717) is 10.4 Å². The molecular formula is C12H16Cl2N2. The minimum atomic E-state index is 0.417. The molecule has 0 saturated heterocycles. The number of hydrogen-bond donors (Lipinski definition) is 2. The Bertz CT molecular complexity index is 375. The van der Waals surface area contributed by atoms with Gasteiger partial charge in [-0.25, -0.2) is 0 Å². The van der Waals surface area contributed by atoms with Crippen molar-refractivity contribution in [2.75, 3.05) is 25.5 Å². The Labute approximate surface area is 106 Å². The van der Waals surface area contributed by atoms with E-state index in [4.69, 9.17) is 23.2 Å². The van der Waals surface area contributed by atoms with Crippen LogP contribution in [-0.2, 0) is 0 Å². The minimum absolute atomic E-state index is 0.417. The zero-order valence-electron chi connectivity index (χ0n) is 9.32. The van der Waals surface area contributed by atoms with Crippen LogP contribution >= 0.6 is 23.2 Å². The molecule has 0 bridgehead atoms. The number of rotatable bonds is 5. The lowest BCUT2D eigenvalue weighted by atomic mass is 10.1. The van der Waals surface area contributed by atoms with Crippen LogP contribution in [0.5, 0.6) is 0 Å². The van der Waals surface area contributed by atoms with Gasteiger partial charge >= 0.3 is 0 Å². The molecule has 0 heterocycles. The number of benzene rings is 1. The zero-order valence-corrected chi connectivity index (χ0v) is 10.8. The SMILES string of the molecule is CNCC1(CNc2cc(Cl)ccc2Cl)CC1. The smallest absolute Gasteiger partial charge is 0.0638 e. The van der Waals surface area contributed by atoms with Gasteiger partial charge in [0.2, 0.25) is 0 Å². The van der Waals surface area contributed by atoms with Gasteiger partial charge in [0.15, 0.2) is 0 Å². The van der Waals surface area contributed by atoms with Gasteiger partial charge in [-0.3, -0.25) is 0 Å². The molecular weight excluding hydrogens is 243 g/mol. The Kier molecular flexibility index (Phi) is 3.63. The molecule has 1 aliphatic carbocycles. The zero-order chi connectivity index (χ0) is 11.6. The van der Waals surface area contributed by atoms with Crippen molar-refractivity contribution in [2.24, 2.45) is 5.41 Å². The number of hydrogen-bond acceptors (Lipinski definition) is 2. The summed E-state index contributed by atoms with van der Waals surface area (Å²) < 4.78 is 0. The minimum Gasteiger partial charge on any atom is -0.383 e. The summed E-state index contributed by atoms with van der Waals surface area (Å²) in [5.74, 6) is 0. The quantitative estimate of drug-likeness (QED) is 0.846. The topological polar surface area (TPSA) is 24.1 Å². The molecule has 0 radical (unpaired) electrons. The summed E-state index contributed by atoms with van der Waals surface area (Å²) in [6, 6.07) is 5.50. The highest BCUT2D eigenvalue weighted by molar-refractivity contribution is 6.35. The lowest BCUT2D eigenvalue weighted by molar-refractivity contribution is 0.507. The highest BCUT2D eigenvalue weighted by Gasteiger charge is 2.41. The second kappa shape index (κ2) is 4.82. The van der Waals surface area contributed by atoms with Crippen LogP contribution in [0.25, 0.3) is 0 Å². The summed E-state index contributed by atoms with van der Waals surface area (Å²) in [7, 11) is 1.99. The van der Waals surface area contributed by atoms with Crippen molar-refractivity contribution in [2.45, 2.75) is 12.8 Å². The molecule has 16 heavy (non-hydrogen) atoms. The molecule has 1 aliphatic rings. The maximum absolute atomic E-state index is 6.09. The maximum Gasteiger partial charge on any atom is 0.0638 e. The Morgan fingerprint density at radius 2 is 2.00 bits per heavy atom. The monoisotopic (exact) mass is 258 g/mol. The van der Waals surface area contributed by atoms with E-state index in [9.17, 15) is 0 Å². The van der Waals surface area contributed by atoms with E-state index in [1.54, 1.807) is 6.07 Å². The van der Waals surface area contributed by atoms with Gasteiger partial charge in [0, 0.05) is 23.5 Å². The third kappa shape index (κ3) is 2.82. The van der Waals surface area contributed by atoms with Crippen LogP contribution in [0.2, 0.25) is 10.0 Å². The molecule has 0 aliphatic heterocycles. The van der Waals surface area contributed by atoms with Gasteiger partial charge in [0.25, 0.3) is 0 Å². The average molecular weight is 259 g/mol. The second-order valence-electron chi connectivity index (χ2n) is 4.51. The highest BCUT2D eigenvalue weighted by Crippen LogP contribution is 2.45. The van der Waals surface area contributed by atoms with E-state index in [-0.39, 0.29) is 0 Å². The Balaban J connectivity index is 1.97. The molecule has 1 aromatic rings. The first-order valence-corrected chi connectivity index (χ1v) is 6.24. The van der Waals surface area contributed by atoms with Crippen molar-refractivity contribution in [3.05, 3.63) is 28.2 Å². The number of anilines is 1. The van der Waals surface area contributed by atoms with Gasteiger partial charge in [-0.05, 0) is 38.1 Å². The third-order valence-corrected chi connectivity index (χ3v) is 3.66. The Hall–Kier alpha value is -0.440. The van der Waals surface area contributed by atoms with E-state index in [1.807, 2.05) is 19.2 Å². The van der Waals surface area contributed by atoms with Crippen molar-refractivity contribution < 1.29 is 0 Å². The maximum atomic E-state index is 6.09. The molecule has 1 saturated carbocycles. The molecule has 0 atom stereocenters. The summed E-state index contributed by atoms with van der Waals surface area (Å²) in [6.07, 6.45) is 2.55. The van der Waals surface area contributed by atoms with E-state index in [1.165, 1.54) is 12.8 Å². The van der Waals surface area contributed by atoms with E-state index >= 15 is 0 Å². The van der Waals surface area contributed by atoms with Crippen LogP contribution in [-0.4, -0.2) is 20.1 Å². The van der Waals surface area contributed by atoms with Crippen molar-refractivity contribution in [1.29, 1.82) is 0 Å². The average Bonchev–Trinajstić information content (AvgIpc) is 3.01. The van der Waals surface area contributed by atoms with Crippen LogP contribution in [0.3, 0.4) is 0 Å². The van der Waals surface area contributed by atoms with E-state index in [0.717, 1.165) is 23.8 Å². The molecule has 4 heteroatoms. The van der Waals surface area contributed by atoms with Crippen LogP contribution in [0.4, 0.5) is 5.69 Å². The first kappa shape index (κ1) is 12.0. The van der Waals surface area contributed by atoms with Crippen molar-refractivity contribution in [1.82, 2.24) is 5.32 Å². The summed E-state index contributed by atoms with van der Waals surface area (Å²) in [5, 5.41) is 8.06. The molecule has 2 rings (SSSR count). The van der Waals surface area contributed by atoms with Crippen molar-refractivity contribution >= 4 is 28.9 Å². The molecule has 1 fully saturated rings. The normalized spacial score (nSPS) is 17.2. The summed E-state index contributed by atoms with van der Waals surface area (Å²) in [4.78, 5) is 0. The molecule has 88 valence electrons. The predicted molar refractivity (Wildman–Crippen MR) is 70.5 cm³/mol. The first-order valence-electron chi connectivity index (χ1n) is 5.49. The number of nitrogens with one attached hydrogen (secondary N) is 2. The van der Waals surface area contributed by atoms with E-state index < -0.39 is 0 Å². The lowest BCUT2D eigenvalue weighted by Gasteiger charge is -2.17. The van der Waals surface area contributed by atoms with E-state index in [2.05, 4.69) is 10.6 Å². The van der Waals surface area contributed by atoms with Crippen LogP contribution in [0, 0.1) is 5.41 Å². The molecule has 1 aromatic carbocycles. The number of halogens is 2. The largest absolute Gasteiger partial charge is 0.383 e. The van der Waals surface area contributed by atoms with Gasteiger partial charge < -0.3 is 10.6 Å². The molecule has 0 unspecified atom stereocenters. The third-order valence-electron chi connectivity index (χ3n) is 3.09. The Morgan fingerprint density at radius 1 is 1.25 bits per heavy atom. The summed E-state index contributed by atoms with van der Waals surface area (Å²) >= 11 is 12.0. The van der Waals surface area contributed by atoms with Gasteiger partial charge in [-0.2, -0.15) is 0 Å². The van der Waals surface area contributed by atoms with Gasteiger partial charge in [0.05, 0.1) is 10.7 Å². The second-order valence-corrected chi connectivity index (χ2v) is 5.35. The molecule has 0 spiro atoms. The lowest BCUT2D eigenvalue weighted by Crippen LogP contribution is -2.26. The van der Waals surface area contributed by atoms with Crippen molar-refractivity contribution in [3.63, 3.8) is 0 Å². The fourth-order valence-electron chi connectivity index (χ4n) is 1.88.